The van der Waals surface area contributed by atoms with Gasteiger partial charge in [-0.25, -0.2) is 0 Å². The van der Waals surface area contributed by atoms with Crippen LogP contribution < -0.4 is 14.8 Å². The van der Waals surface area contributed by atoms with Gasteiger partial charge in [0.15, 0.2) is 18.1 Å². The van der Waals surface area contributed by atoms with Crippen molar-refractivity contribution < 1.29 is 23.9 Å². The Morgan fingerprint density at radius 1 is 1.00 bits per heavy atom. The van der Waals surface area contributed by atoms with Crippen LogP contribution in [0.3, 0.4) is 0 Å². The number of halogens is 1. The van der Waals surface area contributed by atoms with Crippen LogP contribution in [0.1, 0.15) is 23.6 Å². The highest BCUT2D eigenvalue weighted by atomic mass is 127. The normalized spacial score (nSPS) is 14.1. The molecule has 0 saturated carbocycles. The number of amides is 3. The Hall–Kier alpha value is -3.83. The Kier molecular flexibility index (Phi) is 8.94. The van der Waals surface area contributed by atoms with Crippen molar-refractivity contribution in [3.8, 4) is 11.5 Å². The van der Waals surface area contributed by atoms with Crippen molar-refractivity contribution in [3.63, 3.8) is 0 Å². The SMILES string of the molecule is CCOc1cc(/C=C2\SC(=O)N(Cc3cccc4ccccc34)C2=O)cc(I)c1OCC(=O)Nc1cccc(C)c1. The van der Waals surface area contributed by atoms with Crippen LogP contribution in [-0.4, -0.2) is 35.2 Å². The van der Waals surface area contributed by atoms with E-state index in [9.17, 15) is 14.4 Å². The molecule has 0 bridgehead atoms. The number of imide groups is 1. The number of hydrogen-bond acceptors (Lipinski definition) is 6. The Morgan fingerprint density at radius 3 is 2.59 bits per heavy atom. The highest BCUT2D eigenvalue weighted by Gasteiger charge is 2.35. The first-order chi connectivity index (χ1) is 19.8. The van der Waals surface area contributed by atoms with E-state index in [1.54, 1.807) is 12.1 Å². The second-order valence-electron chi connectivity index (χ2n) is 9.38. The summed E-state index contributed by atoms with van der Waals surface area (Å²) in [6, 6.07) is 24.9. The standard InChI is InChI=1S/C32H27IN2O5S/c1-3-39-27-16-21(15-26(33)30(27)40-19-29(36)34-24-12-6-8-20(2)14-24)17-28-31(37)35(32(38)41-28)18-23-11-7-10-22-9-4-5-13-25(22)23/h4-17H,3,18-19H2,1-2H3,(H,34,36)/b28-17-. The molecular weight excluding hydrogens is 651 g/mol. The van der Waals surface area contributed by atoms with Crippen molar-refractivity contribution in [2.75, 3.05) is 18.5 Å². The zero-order valence-electron chi connectivity index (χ0n) is 22.5. The zero-order valence-corrected chi connectivity index (χ0v) is 25.5. The number of nitrogens with one attached hydrogen (secondary N) is 1. The van der Waals surface area contributed by atoms with Gasteiger partial charge in [-0.2, -0.15) is 0 Å². The minimum absolute atomic E-state index is 0.197. The van der Waals surface area contributed by atoms with Gasteiger partial charge in [-0.3, -0.25) is 19.3 Å². The molecule has 9 heteroatoms. The van der Waals surface area contributed by atoms with Gasteiger partial charge >= 0.3 is 0 Å². The average Bonchev–Trinajstić information content (AvgIpc) is 3.20. The summed E-state index contributed by atoms with van der Waals surface area (Å²) < 4.78 is 12.4. The van der Waals surface area contributed by atoms with E-state index in [0.29, 0.717) is 37.8 Å². The number of carbonyl (C=O) groups is 3. The molecule has 0 aliphatic carbocycles. The van der Waals surface area contributed by atoms with Gasteiger partial charge in [-0.1, -0.05) is 54.6 Å². The van der Waals surface area contributed by atoms with Gasteiger partial charge < -0.3 is 14.8 Å². The van der Waals surface area contributed by atoms with Gasteiger partial charge in [-0.15, -0.1) is 0 Å². The summed E-state index contributed by atoms with van der Waals surface area (Å²) in [5.74, 6) is 0.254. The van der Waals surface area contributed by atoms with Gasteiger partial charge in [0.1, 0.15) is 0 Å². The molecule has 4 aromatic carbocycles. The fourth-order valence-corrected chi connectivity index (χ4v) is 6.14. The third kappa shape index (κ3) is 6.74. The number of anilines is 1. The highest BCUT2D eigenvalue weighted by Crippen LogP contribution is 2.38. The summed E-state index contributed by atoms with van der Waals surface area (Å²) in [6.45, 7) is 4.19. The lowest BCUT2D eigenvalue weighted by Gasteiger charge is -2.15. The summed E-state index contributed by atoms with van der Waals surface area (Å²) in [5.41, 5.74) is 3.33. The summed E-state index contributed by atoms with van der Waals surface area (Å²) in [7, 11) is 0. The number of benzene rings is 4. The highest BCUT2D eigenvalue weighted by molar-refractivity contribution is 14.1. The predicted molar refractivity (Wildman–Crippen MR) is 171 cm³/mol. The average molecular weight is 679 g/mol. The van der Waals surface area contributed by atoms with E-state index in [1.807, 2.05) is 86.6 Å². The molecule has 1 aliphatic rings. The molecule has 7 nitrogen and oxygen atoms in total. The molecule has 1 aliphatic heterocycles. The van der Waals surface area contributed by atoms with Gasteiger partial charge in [0.05, 0.1) is 21.6 Å². The van der Waals surface area contributed by atoms with Crippen molar-refractivity contribution in [2.24, 2.45) is 0 Å². The Morgan fingerprint density at radius 2 is 1.78 bits per heavy atom. The molecule has 0 atom stereocenters. The Bertz CT molecular complexity index is 1680. The molecule has 1 saturated heterocycles. The molecule has 0 spiro atoms. The lowest BCUT2D eigenvalue weighted by molar-refractivity contribution is -0.123. The van der Waals surface area contributed by atoms with Gasteiger partial charge in [-0.05, 0) is 106 Å². The molecule has 0 aromatic heterocycles. The first kappa shape index (κ1) is 28.7. The van der Waals surface area contributed by atoms with Crippen molar-refractivity contribution >= 4 is 73.9 Å². The number of rotatable bonds is 9. The topological polar surface area (TPSA) is 84.9 Å². The van der Waals surface area contributed by atoms with Crippen LogP contribution in [0.2, 0.25) is 0 Å². The number of ether oxygens (including phenoxy) is 2. The van der Waals surface area contributed by atoms with E-state index in [-0.39, 0.29) is 30.2 Å². The number of nitrogens with zero attached hydrogens (tertiary/aromatic N) is 1. The minimum atomic E-state index is -0.339. The van der Waals surface area contributed by atoms with E-state index in [4.69, 9.17) is 9.47 Å². The molecular formula is C32H27IN2O5S. The van der Waals surface area contributed by atoms with Gasteiger partial charge in [0, 0.05) is 5.69 Å². The molecule has 41 heavy (non-hydrogen) atoms. The maximum absolute atomic E-state index is 13.3. The number of hydrogen-bond donors (Lipinski definition) is 1. The molecule has 1 fully saturated rings. The third-order valence-electron chi connectivity index (χ3n) is 6.36. The lowest BCUT2D eigenvalue weighted by atomic mass is 10.0. The first-order valence-electron chi connectivity index (χ1n) is 13.0. The second-order valence-corrected chi connectivity index (χ2v) is 11.5. The number of fused-ring (bicyclic) bond motifs is 1. The molecule has 4 aromatic rings. The van der Waals surface area contributed by atoms with Crippen molar-refractivity contribution in [3.05, 3.63) is 104 Å². The molecule has 3 amide bonds. The Balaban J connectivity index is 1.32. The van der Waals surface area contributed by atoms with Crippen molar-refractivity contribution in [2.45, 2.75) is 20.4 Å². The van der Waals surface area contributed by atoms with E-state index >= 15 is 0 Å². The summed E-state index contributed by atoms with van der Waals surface area (Å²) >= 11 is 3.03. The predicted octanol–water partition coefficient (Wildman–Crippen LogP) is 7.41. The van der Waals surface area contributed by atoms with Crippen LogP contribution in [0.5, 0.6) is 11.5 Å². The van der Waals surface area contributed by atoms with Crippen LogP contribution in [0.15, 0.2) is 83.8 Å². The molecule has 208 valence electrons. The molecule has 5 rings (SSSR count). The van der Waals surface area contributed by atoms with Crippen molar-refractivity contribution in [1.29, 1.82) is 0 Å². The fraction of sp³-hybridized carbons (Fsp3) is 0.156. The van der Waals surface area contributed by atoms with Gasteiger partial charge in [0.2, 0.25) is 0 Å². The first-order valence-corrected chi connectivity index (χ1v) is 14.9. The van der Waals surface area contributed by atoms with Crippen molar-refractivity contribution in [1.82, 2.24) is 4.90 Å². The maximum atomic E-state index is 13.3. The lowest BCUT2D eigenvalue weighted by Crippen LogP contribution is -2.27. The molecule has 1 N–H and O–H groups in total. The van der Waals surface area contributed by atoms with Crippen LogP contribution >= 0.6 is 34.4 Å². The third-order valence-corrected chi connectivity index (χ3v) is 8.07. The van der Waals surface area contributed by atoms with Crippen LogP contribution in [0.25, 0.3) is 16.8 Å². The summed E-state index contributed by atoms with van der Waals surface area (Å²) in [6.07, 6.45) is 1.69. The van der Waals surface area contributed by atoms with E-state index in [1.165, 1.54) is 4.90 Å². The molecule has 0 radical (unpaired) electrons. The van der Waals surface area contributed by atoms with E-state index in [2.05, 4.69) is 27.9 Å². The number of aryl methyl sites for hydroxylation is 1. The molecule has 1 heterocycles. The minimum Gasteiger partial charge on any atom is -0.490 e. The van der Waals surface area contributed by atoms with E-state index < -0.39 is 0 Å². The van der Waals surface area contributed by atoms with Crippen LogP contribution in [-0.2, 0) is 16.1 Å². The summed E-state index contributed by atoms with van der Waals surface area (Å²) in [4.78, 5) is 40.3. The Labute approximate surface area is 256 Å². The quantitative estimate of drug-likeness (QED) is 0.147. The smallest absolute Gasteiger partial charge is 0.293 e. The van der Waals surface area contributed by atoms with Gasteiger partial charge in [0.25, 0.3) is 17.1 Å². The van der Waals surface area contributed by atoms with E-state index in [0.717, 1.165) is 33.7 Å². The monoisotopic (exact) mass is 678 g/mol. The number of carbonyl (C=O) groups excluding carboxylic acids is 3. The van der Waals surface area contributed by atoms with Crippen LogP contribution in [0.4, 0.5) is 10.5 Å². The fourth-order valence-electron chi connectivity index (χ4n) is 4.52. The molecule has 0 unspecified atom stereocenters. The largest absolute Gasteiger partial charge is 0.490 e. The van der Waals surface area contributed by atoms with Crippen LogP contribution in [0, 0.1) is 10.5 Å². The zero-order chi connectivity index (χ0) is 28.9. The number of thioether (sulfide) groups is 1. The second kappa shape index (κ2) is 12.8. The maximum Gasteiger partial charge on any atom is 0.293 e. The summed E-state index contributed by atoms with van der Waals surface area (Å²) in [5, 5.41) is 4.59.